The van der Waals surface area contributed by atoms with Crippen LogP contribution in [-0.2, 0) is 17.3 Å². The molecule has 2 N–H and O–H groups in total. The summed E-state index contributed by atoms with van der Waals surface area (Å²) in [7, 11) is 1.91. The first kappa shape index (κ1) is 19.5. The van der Waals surface area contributed by atoms with E-state index in [4.69, 9.17) is 0 Å². The molecule has 3 rings (SSSR count). The van der Waals surface area contributed by atoms with Crippen molar-refractivity contribution in [2.75, 3.05) is 19.6 Å². The molecule has 1 saturated heterocycles. The number of hydrogen-bond donors (Lipinski definition) is 2. The third-order valence-corrected chi connectivity index (χ3v) is 4.96. The van der Waals surface area contributed by atoms with Crippen LogP contribution in [0.2, 0.25) is 0 Å². The summed E-state index contributed by atoms with van der Waals surface area (Å²) >= 11 is 0. The Morgan fingerprint density at radius 3 is 2.68 bits per heavy atom. The second-order valence-electron chi connectivity index (χ2n) is 7.29. The zero-order chi connectivity index (χ0) is 17.2. The number of amides is 1. The lowest BCUT2D eigenvalue weighted by Gasteiger charge is -2.27. The Labute approximate surface area is 155 Å². The molecule has 1 aromatic carbocycles. The number of rotatable bonds is 5. The van der Waals surface area contributed by atoms with E-state index < -0.39 is 0 Å². The van der Waals surface area contributed by atoms with Gasteiger partial charge in [0.2, 0.25) is 5.91 Å². The molecular formula is C19H27ClN4O. The molecule has 2 aromatic rings. The maximum absolute atomic E-state index is 12.7. The number of hydrogen-bond acceptors (Lipinski definition) is 3. The lowest BCUT2D eigenvalue weighted by atomic mass is 9.84. The van der Waals surface area contributed by atoms with Crippen LogP contribution in [0.1, 0.15) is 30.9 Å². The van der Waals surface area contributed by atoms with Gasteiger partial charge < -0.3 is 10.6 Å². The zero-order valence-corrected chi connectivity index (χ0v) is 15.8. The predicted octanol–water partition coefficient (Wildman–Crippen LogP) is 2.24. The van der Waals surface area contributed by atoms with E-state index in [1.54, 1.807) is 4.68 Å². The predicted molar refractivity (Wildman–Crippen MR) is 102 cm³/mol. The summed E-state index contributed by atoms with van der Waals surface area (Å²) < 4.78 is 1.79. The van der Waals surface area contributed by atoms with Crippen molar-refractivity contribution in [1.82, 2.24) is 20.4 Å². The van der Waals surface area contributed by atoms with E-state index in [2.05, 4.69) is 41.7 Å². The molecule has 1 amide bonds. The fraction of sp³-hybridized carbons (Fsp3) is 0.474. The fourth-order valence-corrected chi connectivity index (χ4v) is 3.37. The Hall–Kier alpha value is -1.85. The Bertz CT molecular complexity index is 698. The van der Waals surface area contributed by atoms with Crippen molar-refractivity contribution in [1.29, 1.82) is 0 Å². The molecule has 1 aliphatic heterocycles. The molecule has 0 unspecified atom stereocenters. The normalized spacial score (nSPS) is 20.1. The van der Waals surface area contributed by atoms with E-state index >= 15 is 0 Å². The molecule has 0 aliphatic carbocycles. The van der Waals surface area contributed by atoms with Gasteiger partial charge in [0.15, 0.2) is 0 Å². The van der Waals surface area contributed by atoms with Crippen LogP contribution in [0.5, 0.6) is 0 Å². The maximum atomic E-state index is 12.7. The van der Waals surface area contributed by atoms with E-state index in [9.17, 15) is 4.79 Å². The Kier molecular flexibility index (Phi) is 6.25. The van der Waals surface area contributed by atoms with Crippen molar-refractivity contribution in [3.05, 3.63) is 53.9 Å². The summed E-state index contributed by atoms with van der Waals surface area (Å²) in [5.41, 5.74) is 2.27. The van der Waals surface area contributed by atoms with Gasteiger partial charge in [-0.2, -0.15) is 5.10 Å². The number of nitrogens with one attached hydrogen (secondary N) is 2. The standard InChI is InChI=1S/C19H26N4O.ClH/c1-19(2,15-7-5-4-6-8-15)13-21-18(24)17-11-20-10-16(17)14-9-22-23(3)12-14;/h4-9,12,16-17,20H,10-11,13H2,1-3H3,(H,21,24);1H/t16-,17+;/m1./s1. The van der Waals surface area contributed by atoms with Crippen molar-refractivity contribution >= 4 is 18.3 Å². The molecule has 0 spiro atoms. The smallest absolute Gasteiger partial charge is 0.225 e. The number of aromatic nitrogens is 2. The molecule has 6 heteroatoms. The summed E-state index contributed by atoms with van der Waals surface area (Å²) in [4.78, 5) is 12.7. The van der Waals surface area contributed by atoms with Crippen LogP contribution in [0.25, 0.3) is 0 Å². The fourth-order valence-electron chi connectivity index (χ4n) is 3.37. The number of carbonyl (C=O) groups excluding carboxylic acids is 1. The number of aryl methyl sites for hydroxylation is 1. The zero-order valence-electron chi connectivity index (χ0n) is 15.0. The number of nitrogens with zero attached hydrogens (tertiary/aromatic N) is 2. The second-order valence-corrected chi connectivity index (χ2v) is 7.29. The lowest BCUT2D eigenvalue weighted by Crippen LogP contribution is -2.41. The highest BCUT2D eigenvalue weighted by molar-refractivity contribution is 5.85. The second kappa shape index (κ2) is 8.02. The van der Waals surface area contributed by atoms with Gasteiger partial charge in [-0.1, -0.05) is 44.2 Å². The summed E-state index contributed by atoms with van der Waals surface area (Å²) in [6.45, 7) is 6.50. The van der Waals surface area contributed by atoms with Crippen molar-refractivity contribution in [2.24, 2.45) is 13.0 Å². The molecule has 0 radical (unpaired) electrons. The third kappa shape index (κ3) is 4.41. The number of benzene rings is 1. The van der Waals surface area contributed by atoms with E-state index in [1.165, 1.54) is 5.56 Å². The van der Waals surface area contributed by atoms with Crippen LogP contribution in [0.3, 0.4) is 0 Å². The monoisotopic (exact) mass is 362 g/mol. The molecule has 1 aromatic heterocycles. The minimum atomic E-state index is -0.0905. The van der Waals surface area contributed by atoms with Crippen LogP contribution in [0.15, 0.2) is 42.7 Å². The summed E-state index contributed by atoms with van der Waals surface area (Å²) in [5, 5.41) is 10.7. The highest BCUT2D eigenvalue weighted by atomic mass is 35.5. The van der Waals surface area contributed by atoms with E-state index in [-0.39, 0.29) is 35.6 Å². The Morgan fingerprint density at radius 1 is 1.32 bits per heavy atom. The molecule has 25 heavy (non-hydrogen) atoms. The number of halogens is 1. The average Bonchev–Trinajstić information content (AvgIpc) is 3.22. The molecule has 2 heterocycles. The first-order chi connectivity index (χ1) is 11.5. The van der Waals surface area contributed by atoms with Gasteiger partial charge in [0.25, 0.3) is 0 Å². The van der Waals surface area contributed by atoms with Crippen LogP contribution < -0.4 is 10.6 Å². The Balaban J connectivity index is 0.00000225. The molecule has 2 atom stereocenters. The molecule has 0 bridgehead atoms. The highest BCUT2D eigenvalue weighted by Crippen LogP contribution is 2.28. The largest absolute Gasteiger partial charge is 0.355 e. The van der Waals surface area contributed by atoms with Crippen LogP contribution >= 0.6 is 12.4 Å². The van der Waals surface area contributed by atoms with E-state index in [0.717, 1.165) is 18.7 Å². The van der Waals surface area contributed by atoms with Crippen molar-refractivity contribution in [3.63, 3.8) is 0 Å². The summed E-state index contributed by atoms with van der Waals surface area (Å²) in [6, 6.07) is 10.3. The van der Waals surface area contributed by atoms with Crippen LogP contribution in [-0.4, -0.2) is 35.3 Å². The SMILES string of the molecule is Cl.Cn1cc([C@H]2CNC[C@@H]2C(=O)NCC(C)(C)c2ccccc2)cn1. The lowest BCUT2D eigenvalue weighted by molar-refractivity contribution is -0.125. The third-order valence-electron chi connectivity index (χ3n) is 4.96. The van der Waals surface area contributed by atoms with Gasteiger partial charge in [-0.05, 0) is 11.1 Å². The maximum Gasteiger partial charge on any atom is 0.225 e. The highest BCUT2D eigenvalue weighted by Gasteiger charge is 2.35. The van der Waals surface area contributed by atoms with Crippen LogP contribution in [0.4, 0.5) is 0 Å². The first-order valence-corrected chi connectivity index (χ1v) is 8.50. The van der Waals surface area contributed by atoms with Gasteiger partial charge in [-0.3, -0.25) is 9.48 Å². The Morgan fingerprint density at radius 2 is 2.04 bits per heavy atom. The molecule has 5 nitrogen and oxygen atoms in total. The molecule has 1 fully saturated rings. The molecule has 0 saturated carbocycles. The van der Waals surface area contributed by atoms with E-state index in [1.807, 2.05) is 37.6 Å². The van der Waals surface area contributed by atoms with Gasteiger partial charge in [0, 0.05) is 44.2 Å². The van der Waals surface area contributed by atoms with Crippen molar-refractivity contribution in [2.45, 2.75) is 25.2 Å². The quantitative estimate of drug-likeness (QED) is 0.857. The topological polar surface area (TPSA) is 59.0 Å². The minimum Gasteiger partial charge on any atom is -0.355 e. The average molecular weight is 363 g/mol. The van der Waals surface area contributed by atoms with E-state index in [0.29, 0.717) is 6.54 Å². The minimum absolute atomic E-state index is 0. The summed E-state index contributed by atoms with van der Waals surface area (Å²) in [5.74, 6) is 0.275. The molecular weight excluding hydrogens is 336 g/mol. The molecule has 136 valence electrons. The first-order valence-electron chi connectivity index (χ1n) is 8.50. The van der Waals surface area contributed by atoms with Crippen LogP contribution in [0, 0.1) is 5.92 Å². The van der Waals surface area contributed by atoms with Gasteiger partial charge in [0.1, 0.15) is 0 Å². The summed E-state index contributed by atoms with van der Waals surface area (Å²) in [6.07, 6.45) is 3.87. The molecule has 1 aliphatic rings. The van der Waals surface area contributed by atoms with Gasteiger partial charge in [-0.25, -0.2) is 0 Å². The number of carbonyl (C=O) groups is 1. The van der Waals surface area contributed by atoms with Gasteiger partial charge >= 0.3 is 0 Å². The van der Waals surface area contributed by atoms with Gasteiger partial charge in [0.05, 0.1) is 12.1 Å². The van der Waals surface area contributed by atoms with Crippen molar-refractivity contribution < 1.29 is 4.79 Å². The van der Waals surface area contributed by atoms with Gasteiger partial charge in [-0.15, -0.1) is 12.4 Å². The van der Waals surface area contributed by atoms with Crippen molar-refractivity contribution in [3.8, 4) is 0 Å².